The van der Waals surface area contributed by atoms with Crippen LogP contribution in [-0.4, -0.2) is 76.2 Å². The SMILES string of the molecule is CC(=O)N1CCN(C(=O)[C@H]2CCCN2C(=O)c2csc(Nc3ccc(F)cc3)n2)CC1. The van der Waals surface area contributed by atoms with Gasteiger partial charge in [-0.25, -0.2) is 9.37 Å². The summed E-state index contributed by atoms with van der Waals surface area (Å²) < 4.78 is 13.1. The highest BCUT2D eigenvalue weighted by Gasteiger charge is 2.38. The molecule has 3 amide bonds. The van der Waals surface area contributed by atoms with Gasteiger partial charge in [0, 0.05) is 50.7 Å². The van der Waals surface area contributed by atoms with E-state index >= 15 is 0 Å². The zero-order chi connectivity index (χ0) is 22.0. The molecule has 0 spiro atoms. The molecule has 0 bridgehead atoms. The van der Waals surface area contributed by atoms with Crippen molar-refractivity contribution < 1.29 is 18.8 Å². The maximum Gasteiger partial charge on any atom is 0.274 e. The largest absolute Gasteiger partial charge is 0.339 e. The first-order chi connectivity index (χ1) is 14.9. The molecule has 1 N–H and O–H groups in total. The standard InChI is InChI=1S/C21H24FN5O3S/c1-14(28)25-9-11-26(12-10-25)20(30)18-3-2-8-27(18)19(29)17-13-31-21(24-17)23-16-6-4-15(22)5-7-16/h4-7,13,18H,2-3,8-12H2,1H3,(H,23,24)/t18-/m1/s1. The van der Waals surface area contributed by atoms with Gasteiger partial charge in [-0.05, 0) is 37.1 Å². The number of benzene rings is 1. The summed E-state index contributed by atoms with van der Waals surface area (Å²) in [4.78, 5) is 47.1. The van der Waals surface area contributed by atoms with Crippen LogP contribution in [0.3, 0.4) is 0 Å². The zero-order valence-electron chi connectivity index (χ0n) is 17.2. The Balaban J connectivity index is 1.40. The van der Waals surface area contributed by atoms with Gasteiger partial charge in [0.1, 0.15) is 17.6 Å². The number of hydrogen-bond acceptors (Lipinski definition) is 6. The van der Waals surface area contributed by atoms with E-state index in [-0.39, 0.29) is 29.2 Å². The molecule has 4 rings (SSSR count). The molecule has 1 aromatic heterocycles. The third-order valence-corrected chi connectivity index (χ3v) is 6.41. The number of rotatable bonds is 4. The number of thiazole rings is 1. The third kappa shape index (κ3) is 4.68. The van der Waals surface area contributed by atoms with Crippen LogP contribution in [0.5, 0.6) is 0 Å². The maximum absolute atomic E-state index is 13.1. The van der Waals surface area contributed by atoms with Gasteiger partial charge in [0.15, 0.2) is 5.13 Å². The highest BCUT2D eigenvalue weighted by atomic mass is 32.1. The van der Waals surface area contributed by atoms with E-state index in [1.807, 2.05) is 0 Å². The summed E-state index contributed by atoms with van der Waals surface area (Å²) in [6.45, 7) is 4.06. The van der Waals surface area contributed by atoms with Crippen molar-refractivity contribution in [3.63, 3.8) is 0 Å². The fraction of sp³-hybridized carbons (Fsp3) is 0.429. The molecular weight excluding hydrogens is 421 g/mol. The minimum absolute atomic E-state index is 0.0124. The van der Waals surface area contributed by atoms with Crippen molar-refractivity contribution in [3.8, 4) is 0 Å². The Labute approximate surface area is 183 Å². The molecule has 164 valence electrons. The van der Waals surface area contributed by atoms with Crippen LogP contribution >= 0.6 is 11.3 Å². The molecule has 1 atom stereocenters. The van der Waals surface area contributed by atoms with Crippen LogP contribution in [-0.2, 0) is 9.59 Å². The van der Waals surface area contributed by atoms with Crippen molar-refractivity contribution in [2.24, 2.45) is 0 Å². The number of aromatic nitrogens is 1. The van der Waals surface area contributed by atoms with Crippen LogP contribution in [0.4, 0.5) is 15.2 Å². The summed E-state index contributed by atoms with van der Waals surface area (Å²) in [7, 11) is 0. The Morgan fingerprint density at radius 2 is 1.74 bits per heavy atom. The van der Waals surface area contributed by atoms with Crippen molar-refractivity contribution in [3.05, 3.63) is 41.2 Å². The van der Waals surface area contributed by atoms with Gasteiger partial charge in [0.05, 0.1) is 0 Å². The van der Waals surface area contributed by atoms with E-state index in [2.05, 4.69) is 10.3 Å². The van der Waals surface area contributed by atoms with E-state index in [4.69, 9.17) is 0 Å². The second-order valence-electron chi connectivity index (χ2n) is 7.66. The average molecular weight is 446 g/mol. The highest BCUT2D eigenvalue weighted by Crippen LogP contribution is 2.26. The van der Waals surface area contributed by atoms with Crippen molar-refractivity contribution >= 4 is 39.9 Å². The number of halogens is 1. The van der Waals surface area contributed by atoms with E-state index < -0.39 is 6.04 Å². The molecule has 8 nitrogen and oxygen atoms in total. The van der Waals surface area contributed by atoms with Crippen molar-refractivity contribution in [1.82, 2.24) is 19.7 Å². The third-order valence-electron chi connectivity index (χ3n) is 5.65. The van der Waals surface area contributed by atoms with Gasteiger partial charge in [0.2, 0.25) is 11.8 Å². The molecule has 0 radical (unpaired) electrons. The maximum atomic E-state index is 13.1. The number of hydrogen-bond donors (Lipinski definition) is 1. The molecule has 0 unspecified atom stereocenters. The topological polar surface area (TPSA) is 85.9 Å². The molecule has 2 fully saturated rings. The van der Waals surface area contributed by atoms with Crippen LogP contribution < -0.4 is 5.32 Å². The Morgan fingerprint density at radius 1 is 1.06 bits per heavy atom. The normalized spacial score (nSPS) is 18.9. The predicted molar refractivity (Wildman–Crippen MR) is 115 cm³/mol. The second-order valence-corrected chi connectivity index (χ2v) is 8.52. The zero-order valence-corrected chi connectivity index (χ0v) is 18.0. The van der Waals surface area contributed by atoms with E-state index in [1.54, 1.807) is 32.2 Å². The minimum Gasteiger partial charge on any atom is -0.339 e. The molecule has 1 aromatic carbocycles. The Morgan fingerprint density at radius 3 is 2.42 bits per heavy atom. The molecule has 3 heterocycles. The van der Waals surface area contributed by atoms with Crippen LogP contribution in [0.25, 0.3) is 0 Å². The van der Waals surface area contributed by atoms with Crippen molar-refractivity contribution in [2.75, 3.05) is 38.0 Å². The number of nitrogens with one attached hydrogen (secondary N) is 1. The van der Waals surface area contributed by atoms with Crippen LogP contribution in [0, 0.1) is 5.82 Å². The Kier molecular flexibility index (Phi) is 6.17. The van der Waals surface area contributed by atoms with Crippen LogP contribution in [0.15, 0.2) is 29.6 Å². The number of likely N-dealkylation sites (tertiary alicyclic amines) is 1. The van der Waals surface area contributed by atoms with Gasteiger partial charge in [-0.15, -0.1) is 11.3 Å². The van der Waals surface area contributed by atoms with Gasteiger partial charge in [-0.3, -0.25) is 14.4 Å². The summed E-state index contributed by atoms with van der Waals surface area (Å²) in [6.07, 6.45) is 1.39. The van der Waals surface area contributed by atoms with Crippen LogP contribution in [0.1, 0.15) is 30.3 Å². The molecule has 0 saturated carbocycles. The number of piperazine rings is 1. The second kappa shape index (κ2) is 9.01. The smallest absolute Gasteiger partial charge is 0.274 e. The van der Waals surface area contributed by atoms with Gasteiger partial charge in [0.25, 0.3) is 5.91 Å². The van der Waals surface area contributed by atoms with Gasteiger partial charge >= 0.3 is 0 Å². The summed E-state index contributed by atoms with van der Waals surface area (Å²) in [6, 6.07) is 5.39. The first kappa shape index (κ1) is 21.2. The molecule has 2 aromatic rings. The molecule has 0 aliphatic carbocycles. The lowest BCUT2D eigenvalue weighted by molar-refractivity contribution is -0.141. The Hall–Kier alpha value is -3.01. The van der Waals surface area contributed by atoms with Crippen LogP contribution in [0.2, 0.25) is 0 Å². The first-order valence-electron chi connectivity index (χ1n) is 10.3. The van der Waals surface area contributed by atoms with Gasteiger partial charge < -0.3 is 20.0 Å². The molecule has 31 heavy (non-hydrogen) atoms. The number of anilines is 2. The van der Waals surface area contributed by atoms with E-state index in [9.17, 15) is 18.8 Å². The minimum atomic E-state index is -0.494. The quantitative estimate of drug-likeness (QED) is 0.781. The van der Waals surface area contributed by atoms with E-state index in [0.717, 1.165) is 6.42 Å². The van der Waals surface area contributed by atoms with E-state index in [1.165, 1.54) is 30.4 Å². The van der Waals surface area contributed by atoms with E-state index in [0.29, 0.717) is 50.0 Å². The molecule has 2 aliphatic rings. The monoisotopic (exact) mass is 445 g/mol. The first-order valence-corrected chi connectivity index (χ1v) is 11.1. The summed E-state index contributed by atoms with van der Waals surface area (Å²) in [5.41, 5.74) is 0.962. The van der Waals surface area contributed by atoms with Gasteiger partial charge in [-0.2, -0.15) is 0 Å². The average Bonchev–Trinajstić information content (AvgIpc) is 3.44. The summed E-state index contributed by atoms with van der Waals surface area (Å²) >= 11 is 1.28. The lowest BCUT2D eigenvalue weighted by Gasteiger charge is -2.36. The summed E-state index contributed by atoms with van der Waals surface area (Å²) in [5.74, 6) is -0.637. The number of carbonyl (C=O) groups is 3. The number of nitrogens with zero attached hydrogens (tertiary/aromatic N) is 4. The molecule has 2 aliphatic heterocycles. The number of amides is 3. The Bertz CT molecular complexity index is 972. The summed E-state index contributed by atoms with van der Waals surface area (Å²) in [5, 5.41) is 5.25. The van der Waals surface area contributed by atoms with Crippen molar-refractivity contribution in [1.29, 1.82) is 0 Å². The highest BCUT2D eigenvalue weighted by molar-refractivity contribution is 7.14. The van der Waals surface area contributed by atoms with Gasteiger partial charge in [-0.1, -0.05) is 0 Å². The molecule has 2 saturated heterocycles. The van der Waals surface area contributed by atoms with Crippen molar-refractivity contribution in [2.45, 2.75) is 25.8 Å². The molecular formula is C21H24FN5O3S. The fourth-order valence-electron chi connectivity index (χ4n) is 3.95. The fourth-order valence-corrected chi connectivity index (χ4v) is 4.66. The lowest BCUT2D eigenvalue weighted by Crippen LogP contribution is -2.55. The molecule has 10 heteroatoms. The predicted octanol–water partition coefficient (Wildman–Crippen LogP) is 2.32. The lowest BCUT2D eigenvalue weighted by atomic mass is 10.1. The number of carbonyl (C=O) groups excluding carboxylic acids is 3.